The number of hydrogen-bond donors (Lipinski definition) is 1. The average molecular weight is 484 g/mol. The minimum absolute atomic E-state index is 0.101. The van der Waals surface area contributed by atoms with Gasteiger partial charge in [0, 0.05) is 25.0 Å². The van der Waals surface area contributed by atoms with Gasteiger partial charge in [0.1, 0.15) is 12.7 Å². The molecule has 2 fully saturated rings. The number of amides is 1. The second kappa shape index (κ2) is 10.8. The highest BCUT2D eigenvalue weighted by molar-refractivity contribution is 5.69. The third-order valence-corrected chi connectivity index (χ3v) is 6.92. The molecule has 184 valence electrons. The number of anilines is 1. The van der Waals surface area contributed by atoms with Crippen LogP contribution in [-0.2, 0) is 21.6 Å². The molecule has 1 aromatic heterocycles. The second-order valence-corrected chi connectivity index (χ2v) is 9.21. The largest absolute Gasteiger partial charge is 0.445 e. The van der Waals surface area contributed by atoms with E-state index in [2.05, 4.69) is 50.5 Å². The zero-order valence-corrected chi connectivity index (χ0v) is 20.2. The monoisotopic (exact) mass is 483 g/mol. The van der Waals surface area contributed by atoms with Gasteiger partial charge in [-0.1, -0.05) is 43.2 Å². The van der Waals surface area contributed by atoms with Crippen molar-refractivity contribution in [1.29, 1.82) is 5.26 Å². The van der Waals surface area contributed by atoms with Gasteiger partial charge in [-0.05, 0) is 53.8 Å². The van der Waals surface area contributed by atoms with Crippen LogP contribution in [0, 0.1) is 11.3 Å². The zero-order valence-electron chi connectivity index (χ0n) is 20.2. The number of ether oxygens (including phenoxy) is 2. The Balaban J connectivity index is 1.23. The normalized spacial score (nSPS) is 16.8. The van der Waals surface area contributed by atoms with Crippen molar-refractivity contribution >= 4 is 11.8 Å². The smallest absolute Gasteiger partial charge is 0.408 e. The molecule has 1 saturated heterocycles. The van der Waals surface area contributed by atoms with Crippen LogP contribution in [0.2, 0.25) is 0 Å². The molecular weight excluding hydrogens is 454 g/mol. The molecule has 2 aliphatic rings. The number of rotatable bonds is 6. The fraction of sp³-hybridized carbons (Fsp3) is 0.357. The van der Waals surface area contributed by atoms with Crippen molar-refractivity contribution in [2.45, 2.75) is 37.8 Å². The fourth-order valence-electron chi connectivity index (χ4n) is 5.01. The number of alkyl carbamates (subject to hydrolysis) is 1. The fourth-order valence-corrected chi connectivity index (χ4v) is 5.01. The number of hydrogen-bond acceptors (Lipinski definition) is 7. The molecule has 1 aliphatic carbocycles. The predicted octanol–water partition coefficient (Wildman–Crippen LogP) is 4.55. The topological polar surface area (TPSA) is 100 Å². The van der Waals surface area contributed by atoms with Crippen LogP contribution in [0.1, 0.15) is 42.8 Å². The van der Waals surface area contributed by atoms with Crippen LogP contribution in [0.15, 0.2) is 60.8 Å². The molecule has 0 bridgehead atoms. The lowest BCUT2D eigenvalue weighted by molar-refractivity contribution is 0.122. The number of nitrogens with zero attached hydrogens (tertiary/aromatic N) is 4. The van der Waals surface area contributed by atoms with Crippen LogP contribution in [0.5, 0.6) is 0 Å². The maximum Gasteiger partial charge on any atom is 0.408 e. The van der Waals surface area contributed by atoms with Gasteiger partial charge in [0.05, 0.1) is 24.4 Å². The Hall–Kier alpha value is -3.96. The molecular formula is C28H29N5O3. The molecule has 36 heavy (non-hydrogen) atoms. The van der Waals surface area contributed by atoms with Crippen molar-refractivity contribution in [3.05, 3.63) is 77.9 Å². The summed E-state index contributed by atoms with van der Waals surface area (Å²) in [6, 6.07) is 20.3. The van der Waals surface area contributed by atoms with Crippen LogP contribution in [-0.4, -0.2) is 42.4 Å². The Morgan fingerprint density at radius 1 is 1.08 bits per heavy atom. The standard InChI is InChI=1S/C28H29N5O3/c29-19-26-30-13-10-25(31-26)28(11-1-2-12-28)32-27(34)36-20-21-4-3-5-23(18-21)22-6-8-24(9-7-22)33-14-16-35-17-15-33/h3-10,13,18H,1-2,11-12,14-17,20H2,(H,32,34). The molecule has 1 saturated carbocycles. The highest BCUT2D eigenvalue weighted by atomic mass is 16.5. The molecule has 3 aromatic rings. The van der Waals surface area contributed by atoms with Crippen LogP contribution >= 0.6 is 0 Å². The van der Waals surface area contributed by atoms with Gasteiger partial charge in [-0.25, -0.2) is 14.8 Å². The summed E-state index contributed by atoms with van der Waals surface area (Å²) in [4.78, 5) is 23.4. The van der Waals surface area contributed by atoms with Gasteiger partial charge in [-0.2, -0.15) is 5.26 Å². The molecule has 0 atom stereocenters. The SMILES string of the molecule is N#Cc1nccc(C2(NC(=O)OCc3cccc(-c4ccc(N5CCOCC5)cc4)c3)CCCC2)n1. The molecule has 1 N–H and O–H groups in total. The van der Waals surface area contributed by atoms with Crippen molar-refractivity contribution in [3.8, 4) is 17.2 Å². The van der Waals surface area contributed by atoms with E-state index in [1.807, 2.05) is 24.3 Å². The number of carbonyl (C=O) groups is 1. The summed E-state index contributed by atoms with van der Waals surface area (Å²) in [5.74, 6) is 0.101. The minimum Gasteiger partial charge on any atom is -0.445 e. The molecule has 1 amide bonds. The van der Waals surface area contributed by atoms with E-state index in [0.717, 1.165) is 68.7 Å². The van der Waals surface area contributed by atoms with Crippen molar-refractivity contribution < 1.29 is 14.3 Å². The maximum absolute atomic E-state index is 12.8. The lowest BCUT2D eigenvalue weighted by Gasteiger charge is -2.29. The van der Waals surface area contributed by atoms with E-state index >= 15 is 0 Å². The summed E-state index contributed by atoms with van der Waals surface area (Å²) in [5, 5.41) is 12.2. The van der Waals surface area contributed by atoms with E-state index in [1.165, 1.54) is 5.69 Å². The van der Waals surface area contributed by atoms with E-state index in [0.29, 0.717) is 5.69 Å². The summed E-state index contributed by atoms with van der Waals surface area (Å²) < 4.78 is 11.0. The Labute approximate surface area is 210 Å². The first kappa shape index (κ1) is 23.8. The van der Waals surface area contributed by atoms with Gasteiger partial charge in [0.2, 0.25) is 5.82 Å². The molecule has 0 unspecified atom stereocenters. The van der Waals surface area contributed by atoms with Gasteiger partial charge in [-0.15, -0.1) is 0 Å². The van der Waals surface area contributed by atoms with Crippen LogP contribution in [0.3, 0.4) is 0 Å². The van der Waals surface area contributed by atoms with Gasteiger partial charge in [0.25, 0.3) is 0 Å². The van der Waals surface area contributed by atoms with Crippen molar-refractivity contribution in [2.75, 3.05) is 31.2 Å². The van der Waals surface area contributed by atoms with Crippen molar-refractivity contribution in [3.63, 3.8) is 0 Å². The van der Waals surface area contributed by atoms with Gasteiger partial charge in [-0.3, -0.25) is 0 Å². The molecule has 2 heterocycles. The van der Waals surface area contributed by atoms with Crippen LogP contribution in [0.25, 0.3) is 11.1 Å². The Bertz CT molecular complexity index is 1240. The van der Waals surface area contributed by atoms with Gasteiger partial charge in [0.15, 0.2) is 0 Å². The van der Waals surface area contributed by atoms with E-state index in [9.17, 15) is 4.79 Å². The molecule has 8 nitrogen and oxygen atoms in total. The third kappa shape index (κ3) is 5.31. The molecule has 0 spiro atoms. The molecule has 1 aliphatic heterocycles. The first-order valence-corrected chi connectivity index (χ1v) is 12.4. The summed E-state index contributed by atoms with van der Waals surface area (Å²) in [7, 11) is 0. The lowest BCUT2D eigenvalue weighted by atomic mass is 9.93. The summed E-state index contributed by atoms with van der Waals surface area (Å²) in [6.07, 6.45) is 4.51. The van der Waals surface area contributed by atoms with Gasteiger partial charge >= 0.3 is 6.09 Å². The van der Waals surface area contributed by atoms with E-state index in [4.69, 9.17) is 14.7 Å². The van der Waals surface area contributed by atoms with E-state index in [-0.39, 0.29) is 12.4 Å². The Morgan fingerprint density at radius 3 is 2.61 bits per heavy atom. The number of benzene rings is 2. The molecule has 2 aromatic carbocycles. The number of morpholine rings is 1. The highest BCUT2D eigenvalue weighted by Crippen LogP contribution is 2.38. The molecule has 8 heteroatoms. The number of carbonyl (C=O) groups excluding carboxylic acids is 1. The first-order valence-electron chi connectivity index (χ1n) is 12.4. The summed E-state index contributed by atoms with van der Waals surface area (Å²) in [6.45, 7) is 3.50. The quantitative estimate of drug-likeness (QED) is 0.549. The number of aromatic nitrogens is 2. The van der Waals surface area contributed by atoms with Crippen LogP contribution < -0.4 is 10.2 Å². The van der Waals surface area contributed by atoms with Crippen LogP contribution in [0.4, 0.5) is 10.5 Å². The third-order valence-electron chi connectivity index (χ3n) is 6.92. The summed E-state index contributed by atoms with van der Waals surface area (Å²) in [5.41, 5.74) is 4.32. The number of nitrogens with one attached hydrogen (secondary N) is 1. The zero-order chi connectivity index (χ0) is 24.8. The molecule has 0 radical (unpaired) electrons. The Morgan fingerprint density at radius 2 is 1.86 bits per heavy atom. The second-order valence-electron chi connectivity index (χ2n) is 9.21. The average Bonchev–Trinajstić information content (AvgIpc) is 3.42. The van der Waals surface area contributed by atoms with Crippen molar-refractivity contribution in [1.82, 2.24) is 15.3 Å². The maximum atomic E-state index is 12.8. The molecule has 5 rings (SSSR count). The Kier molecular flexibility index (Phi) is 7.10. The van der Waals surface area contributed by atoms with E-state index < -0.39 is 11.6 Å². The predicted molar refractivity (Wildman–Crippen MR) is 135 cm³/mol. The van der Waals surface area contributed by atoms with Crippen molar-refractivity contribution in [2.24, 2.45) is 0 Å². The van der Waals surface area contributed by atoms with Gasteiger partial charge < -0.3 is 19.7 Å². The highest BCUT2D eigenvalue weighted by Gasteiger charge is 2.39. The van der Waals surface area contributed by atoms with E-state index in [1.54, 1.807) is 12.3 Å². The number of nitriles is 1. The minimum atomic E-state index is -0.629. The first-order chi connectivity index (χ1) is 17.6. The lowest BCUT2D eigenvalue weighted by Crippen LogP contribution is -2.44. The summed E-state index contributed by atoms with van der Waals surface area (Å²) >= 11 is 0.